The molecule has 0 saturated heterocycles. The summed E-state index contributed by atoms with van der Waals surface area (Å²) in [6.45, 7) is 9.57. The summed E-state index contributed by atoms with van der Waals surface area (Å²) in [7, 11) is 0. The van der Waals surface area contributed by atoms with Gasteiger partial charge in [-0.05, 0) is 30.4 Å². The molecule has 1 aromatic rings. The summed E-state index contributed by atoms with van der Waals surface area (Å²) in [5, 5.41) is 15.9. The van der Waals surface area contributed by atoms with Crippen LogP contribution in [0, 0.1) is 0 Å². The molecular weight excluding hydrogens is 244 g/mol. The Balaban J connectivity index is 1.87. The van der Waals surface area contributed by atoms with Crippen molar-refractivity contribution < 1.29 is 5.11 Å². The Morgan fingerprint density at radius 1 is 1.56 bits per heavy atom. The molecule has 2 heterocycles. The molecule has 2 N–H and O–H groups in total. The highest BCUT2D eigenvalue weighted by molar-refractivity contribution is 7.10. The lowest BCUT2D eigenvalue weighted by Crippen LogP contribution is -2.49. The molecule has 1 aliphatic heterocycles. The van der Waals surface area contributed by atoms with Crippen molar-refractivity contribution >= 4 is 11.3 Å². The standard InChI is InChI=1S/C14H24N2OS/c1-11(2)15-9-14(3,17)10-16-6-4-13-12(8-16)5-7-18-13/h5,7,11,15,17H,4,6,8-10H2,1-3H3. The molecule has 102 valence electrons. The zero-order chi connectivity index (χ0) is 13.2. The van der Waals surface area contributed by atoms with E-state index in [-0.39, 0.29) is 0 Å². The van der Waals surface area contributed by atoms with Gasteiger partial charge in [-0.2, -0.15) is 0 Å². The Bertz CT molecular complexity index is 387. The van der Waals surface area contributed by atoms with E-state index in [0.717, 1.165) is 26.1 Å². The van der Waals surface area contributed by atoms with E-state index >= 15 is 0 Å². The smallest absolute Gasteiger partial charge is 0.0869 e. The van der Waals surface area contributed by atoms with Crippen LogP contribution in [0.5, 0.6) is 0 Å². The van der Waals surface area contributed by atoms with E-state index in [0.29, 0.717) is 12.6 Å². The van der Waals surface area contributed by atoms with Crippen molar-refractivity contribution in [3.05, 3.63) is 21.9 Å². The van der Waals surface area contributed by atoms with Gasteiger partial charge in [0.15, 0.2) is 0 Å². The van der Waals surface area contributed by atoms with Gasteiger partial charge in [0.05, 0.1) is 5.60 Å². The van der Waals surface area contributed by atoms with Crippen molar-refractivity contribution in [1.29, 1.82) is 0 Å². The van der Waals surface area contributed by atoms with Gasteiger partial charge in [-0.25, -0.2) is 0 Å². The summed E-state index contributed by atoms with van der Waals surface area (Å²) in [5.41, 5.74) is 0.788. The van der Waals surface area contributed by atoms with Gasteiger partial charge >= 0.3 is 0 Å². The minimum atomic E-state index is -0.655. The third-order valence-corrected chi connectivity index (χ3v) is 4.37. The summed E-state index contributed by atoms with van der Waals surface area (Å²) in [6.07, 6.45) is 1.13. The molecule has 1 unspecified atom stereocenters. The zero-order valence-electron chi connectivity index (χ0n) is 11.6. The Morgan fingerprint density at radius 3 is 3.06 bits per heavy atom. The summed E-state index contributed by atoms with van der Waals surface area (Å²) in [5.74, 6) is 0. The maximum Gasteiger partial charge on any atom is 0.0869 e. The van der Waals surface area contributed by atoms with Crippen molar-refractivity contribution in [2.75, 3.05) is 19.6 Å². The van der Waals surface area contributed by atoms with E-state index < -0.39 is 5.60 Å². The maximum absolute atomic E-state index is 10.4. The summed E-state index contributed by atoms with van der Waals surface area (Å²) < 4.78 is 0. The van der Waals surface area contributed by atoms with Crippen LogP contribution < -0.4 is 5.32 Å². The number of nitrogens with one attached hydrogen (secondary N) is 1. The van der Waals surface area contributed by atoms with Crippen LogP contribution in [0.1, 0.15) is 31.2 Å². The van der Waals surface area contributed by atoms with Crippen LogP contribution >= 0.6 is 11.3 Å². The molecule has 0 aliphatic carbocycles. The van der Waals surface area contributed by atoms with Crippen molar-refractivity contribution in [1.82, 2.24) is 10.2 Å². The minimum Gasteiger partial charge on any atom is -0.388 e. The second-order valence-corrected chi connectivity index (χ2v) is 6.86. The fourth-order valence-corrected chi connectivity index (χ4v) is 3.29. The second kappa shape index (κ2) is 5.70. The molecule has 0 aromatic carbocycles. The summed E-state index contributed by atoms with van der Waals surface area (Å²) >= 11 is 1.86. The fraction of sp³-hybridized carbons (Fsp3) is 0.714. The molecule has 0 bridgehead atoms. The van der Waals surface area contributed by atoms with Gasteiger partial charge in [0, 0.05) is 37.1 Å². The first-order valence-corrected chi connectivity index (χ1v) is 7.57. The first kappa shape index (κ1) is 14.0. The Morgan fingerprint density at radius 2 is 2.33 bits per heavy atom. The number of aliphatic hydroxyl groups is 1. The Hall–Kier alpha value is -0.420. The second-order valence-electron chi connectivity index (χ2n) is 5.86. The lowest BCUT2D eigenvalue weighted by Gasteiger charge is -2.34. The number of β-amino-alcohol motifs (C(OH)–C–C–N with tert-alkyl or cyclic N) is 1. The fourth-order valence-electron chi connectivity index (χ4n) is 2.40. The predicted octanol–water partition coefficient (Wildman–Crippen LogP) is 1.86. The zero-order valence-corrected chi connectivity index (χ0v) is 12.4. The summed E-state index contributed by atoms with van der Waals surface area (Å²) in [4.78, 5) is 3.88. The average Bonchev–Trinajstić information content (AvgIpc) is 2.73. The SMILES string of the molecule is CC(C)NCC(C)(O)CN1CCc2sccc2C1. The number of hydrogen-bond acceptors (Lipinski definition) is 4. The van der Waals surface area contributed by atoms with E-state index in [1.807, 2.05) is 18.3 Å². The molecule has 2 rings (SSSR count). The molecule has 3 nitrogen and oxygen atoms in total. The van der Waals surface area contributed by atoms with Crippen LogP contribution in [0.25, 0.3) is 0 Å². The molecule has 0 saturated carbocycles. The molecule has 0 radical (unpaired) electrons. The van der Waals surface area contributed by atoms with Gasteiger partial charge in [-0.15, -0.1) is 11.3 Å². The molecule has 18 heavy (non-hydrogen) atoms. The van der Waals surface area contributed by atoms with E-state index in [9.17, 15) is 5.11 Å². The van der Waals surface area contributed by atoms with Crippen LogP contribution in [-0.4, -0.2) is 41.3 Å². The van der Waals surface area contributed by atoms with E-state index in [4.69, 9.17) is 0 Å². The van der Waals surface area contributed by atoms with Gasteiger partial charge in [0.2, 0.25) is 0 Å². The van der Waals surface area contributed by atoms with Crippen LogP contribution in [0.3, 0.4) is 0 Å². The van der Waals surface area contributed by atoms with Crippen molar-refractivity contribution in [2.24, 2.45) is 0 Å². The number of rotatable bonds is 5. The molecule has 0 spiro atoms. The van der Waals surface area contributed by atoms with Crippen molar-refractivity contribution in [2.45, 2.75) is 45.4 Å². The molecular formula is C14H24N2OS. The first-order chi connectivity index (χ1) is 8.46. The monoisotopic (exact) mass is 268 g/mol. The highest BCUT2D eigenvalue weighted by Gasteiger charge is 2.26. The molecule has 0 fully saturated rings. The lowest BCUT2D eigenvalue weighted by molar-refractivity contribution is 0.0149. The minimum absolute atomic E-state index is 0.418. The van der Waals surface area contributed by atoms with Crippen LogP contribution in [0.2, 0.25) is 0 Å². The molecule has 1 aromatic heterocycles. The Labute approximate surface area is 114 Å². The largest absolute Gasteiger partial charge is 0.388 e. The van der Waals surface area contributed by atoms with E-state index in [1.165, 1.54) is 10.4 Å². The van der Waals surface area contributed by atoms with Crippen LogP contribution in [0.15, 0.2) is 11.4 Å². The van der Waals surface area contributed by atoms with Gasteiger partial charge in [-0.3, -0.25) is 4.90 Å². The summed E-state index contributed by atoms with van der Waals surface area (Å²) in [6, 6.07) is 2.63. The van der Waals surface area contributed by atoms with Gasteiger partial charge < -0.3 is 10.4 Å². The highest BCUT2D eigenvalue weighted by Crippen LogP contribution is 2.24. The molecule has 4 heteroatoms. The quantitative estimate of drug-likeness (QED) is 0.855. The average molecular weight is 268 g/mol. The number of thiophene rings is 1. The predicted molar refractivity (Wildman–Crippen MR) is 77.1 cm³/mol. The topological polar surface area (TPSA) is 35.5 Å². The molecule has 1 aliphatic rings. The van der Waals surface area contributed by atoms with Crippen molar-refractivity contribution in [3.63, 3.8) is 0 Å². The lowest BCUT2D eigenvalue weighted by atomic mass is 10.0. The van der Waals surface area contributed by atoms with Gasteiger partial charge in [0.1, 0.15) is 0 Å². The van der Waals surface area contributed by atoms with Gasteiger partial charge in [-0.1, -0.05) is 13.8 Å². The number of nitrogens with zero attached hydrogens (tertiary/aromatic N) is 1. The van der Waals surface area contributed by atoms with Gasteiger partial charge in [0.25, 0.3) is 0 Å². The third-order valence-electron chi connectivity index (χ3n) is 3.34. The maximum atomic E-state index is 10.4. The number of hydrogen-bond donors (Lipinski definition) is 2. The van der Waals surface area contributed by atoms with E-state index in [2.05, 4.69) is 35.5 Å². The third kappa shape index (κ3) is 3.79. The normalized spacial score (nSPS) is 19.8. The van der Waals surface area contributed by atoms with Crippen LogP contribution in [-0.2, 0) is 13.0 Å². The molecule has 0 amide bonds. The first-order valence-electron chi connectivity index (χ1n) is 6.70. The number of fused-ring (bicyclic) bond motifs is 1. The van der Waals surface area contributed by atoms with Crippen molar-refractivity contribution in [3.8, 4) is 0 Å². The van der Waals surface area contributed by atoms with E-state index in [1.54, 1.807) is 0 Å². The highest BCUT2D eigenvalue weighted by atomic mass is 32.1. The molecule has 1 atom stereocenters. The van der Waals surface area contributed by atoms with Crippen LogP contribution in [0.4, 0.5) is 0 Å². The Kier molecular flexibility index (Phi) is 4.43.